The number of fused-ring (bicyclic) bond motifs is 1. The number of ether oxygens (including phenoxy) is 1. The van der Waals surface area contributed by atoms with E-state index in [0.29, 0.717) is 28.5 Å². The fraction of sp³-hybridized carbons (Fsp3) is 0.261. The van der Waals surface area contributed by atoms with Crippen molar-refractivity contribution in [3.63, 3.8) is 0 Å². The van der Waals surface area contributed by atoms with Crippen LogP contribution in [0.25, 0.3) is 10.9 Å². The number of aromatic nitrogens is 1. The van der Waals surface area contributed by atoms with Gasteiger partial charge in [-0.2, -0.15) is 0 Å². The first-order valence-electron chi connectivity index (χ1n) is 10.1. The number of amides is 1. The molecule has 1 aromatic heterocycles. The Morgan fingerprint density at radius 1 is 1.15 bits per heavy atom. The maximum atomic E-state index is 12.9. The van der Waals surface area contributed by atoms with Crippen LogP contribution in [0.15, 0.2) is 47.4 Å². The minimum atomic E-state index is -3.71. The maximum Gasteiger partial charge on any atom is 0.339 e. The van der Waals surface area contributed by atoms with Crippen LogP contribution in [0.4, 0.5) is 5.69 Å². The summed E-state index contributed by atoms with van der Waals surface area (Å²) in [6.07, 6.45) is 0.641. The highest BCUT2D eigenvalue weighted by Gasteiger charge is 2.21. The molecule has 0 spiro atoms. The number of carbonyl (C=O) groups is 2. The molecule has 0 aliphatic rings. The molecule has 0 saturated heterocycles. The molecule has 0 radical (unpaired) electrons. The fourth-order valence-electron chi connectivity index (χ4n) is 3.33. The van der Waals surface area contributed by atoms with Crippen LogP contribution in [0.1, 0.15) is 28.5 Å². The number of halogens is 1. The lowest BCUT2D eigenvalue weighted by Crippen LogP contribution is -2.24. The highest BCUT2D eigenvalue weighted by Crippen LogP contribution is 2.27. The molecule has 0 atom stereocenters. The molecule has 33 heavy (non-hydrogen) atoms. The second-order valence-electron chi connectivity index (χ2n) is 7.48. The molecular formula is C23H24ClN3O5S. The van der Waals surface area contributed by atoms with Crippen LogP contribution in [0.5, 0.6) is 0 Å². The van der Waals surface area contributed by atoms with Gasteiger partial charge in [0.15, 0.2) is 6.61 Å². The molecule has 1 amide bonds. The molecule has 1 heterocycles. The van der Waals surface area contributed by atoms with Gasteiger partial charge in [-0.15, -0.1) is 0 Å². The lowest BCUT2D eigenvalue weighted by molar-refractivity contribution is -0.119. The molecule has 8 nitrogen and oxygen atoms in total. The van der Waals surface area contributed by atoms with Gasteiger partial charge in [-0.25, -0.2) is 17.5 Å². The van der Waals surface area contributed by atoms with Crippen molar-refractivity contribution in [3.05, 3.63) is 64.3 Å². The van der Waals surface area contributed by atoms with Gasteiger partial charge < -0.3 is 10.1 Å². The second-order valence-corrected chi connectivity index (χ2v) is 10.0. The van der Waals surface area contributed by atoms with Crippen LogP contribution in [0.2, 0.25) is 5.02 Å². The Morgan fingerprint density at radius 3 is 2.52 bits per heavy atom. The summed E-state index contributed by atoms with van der Waals surface area (Å²) in [5.41, 5.74) is 2.60. The van der Waals surface area contributed by atoms with E-state index in [0.717, 1.165) is 10.00 Å². The first-order valence-corrected chi connectivity index (χ1v) is 11.9. The third kappa shape index (κ3) is 5.16. The summed E-state index contributed by atoms with van der Waals surface area (Å²) in [6, 6.07) is 11.2. The third-order valence-corrected chi connectivity index (χ3v) is 7.24. The lowest BCUT2D eigenvalue weighted by atomic mass is 10.0. The summed E-state index contributed by atoms with van der Waals surface area (Å²) in [7, 11) is -0.915. The third-order valence-electron chi connectivity index (χ3n) is 5.10. The largest absolute Gasteiger partial charge is 0.452 e. The first kappa shape index (κ1) is 24.6. The van der Waals surface area contributed by atoms with Gasteiger partial charge in [0, 0.05) is 25.2 Å². The molecule has 10 heteroatoms. The molecule has 2 aromatic carbocycles. The summed E-state index contributed by atoms with van der Waals surface area (Å²) in [5, 5.41) is 3.29. The average molecular weight is 490 g/mol. The van der Waals surface area contributed by atoms with Crippen molar-refractivity contribution in [1.82, 2.24) is 9.29 Å². The van der Waals surface area contributed by atoms with Crippen LogP contribution in [0.3, 0.4) is 0 Å². The van der Waals surface area contributed by atoms with E-state index in [9.17, 15) is 18.0 Å². The molecule has 0 unspecified atom stereocenters. The molecule has 0 saturated carbocycles. The maximum absolute atomic E-state index is 12.9. The van der Waals surface area contributed by atoms with Gasteiger partial charge >= 0.3 is 5.97 Å². The highest BCUT2D eigenvalue weighted by atomic mass is 35.5. The van der Waals surface area contributed by atoms with Crippen molar-refractivity contribution in [1.29, 1.82) is 0 Å². The molecule has 3 aromatic rings. The van der Waals surface area contributed by atoms with Crippen LogP contribution in [-0.4, -0.2) is 50.3 Å². The summed E-state index contributed by atoms with van der Waals surface area (Å²) >= 11 is 6.11. The van der Waals surface area contributed by atoms with Crippen LogP contribution in [0, 0.1) is 6.92 Å². The topological polar surface area (TPSA) is 106 Å². The molecule has 0 aliphatic carbocycles. The van der Waals surface area contributed by atoms with Crippen molar-refractivity contribution >= 4 is 50.1 Å². The number of aryl methyl sites for hydroxylation is 1. The van der Waals surface area contributed by atoms with Gasteiger partial charge in [0.2, 0.25) is 10.0 Å². The number of rotatable bonds is 7. The van der Waals surface area contributed by atoms with E-state index in [1.54, 1.807) is 19.1 Å². The van der Waals surface area contributed by atoms with Gasteiger partial charge in [-0.05, 0) is 43.2 Å². The number of nitrogens with zero attached hydrogens (tertiary/aromatic N) is 2. The standard InChI is InChI=1S/C23H24ClN3O5S/c1-5-18-14(2)22(16-8-6-7-9-19(16)25-18)23(29)32-13-21(28)26-20-12-15(10-11-17(20)24)33(30,31)27(3)4/h6-12H,5,13H2,1-4H3,(H,26,28). The van der Waals surface area contributed by atoms with Crippen molar-refractivity contribution in [2.75, 3.05) is 26.0 Å². The van der Waals surface area contributed by atoms with E-state index in [1.807, 2.05) is 19.1 Å². The smallest absolute Gasteiger partial charge is 0.339 e. The average Bonchev–Trinajstić information content (AvgIpc) is 2.78. The Labute approximate surface area is 197 Å². The molecule has 0 bridgehead atoms. The molecular weight excluding hydrogens is 466 g/mol. The molecule has 3 rings (SSSR count). The molecule has 174 valence electrons. The Morgan fingerprint density at radius 2 is 1.85 bits per heavy atom. The van der Waals surface area contributed by atoms with E-state index in [4.69, 9.17) is 16.3 Å². The number of para-hydroxylation sites is 1. The number of carbonyl (C=O) groups excluding carboxylic acids is 2. The zero-order valence-corrected chi connectivity index (χ0v) is 20.2. The number of pyridine rings is 1. The minimum Gasteiger partial charge on any atom is -0.452 e. The van der Waals surface area contributed by atoms with Gasteiger partial charge in [-0.3, -0.25) is 9.78 Å². The minimum absolute atomic E-state index is 0.0323. The van der Waals surface area contributed by atoms with Gasteiger partial charge in [-0.1, -0.05) is 36.7 Å². The van der Waals surface area contributed by atoms with Gasteiger partial charge in [0.25, 0.3) is 5.91 Å². The fourth-order valence-corrected chi connectivity index (χ4v) is 4.42. The summed E-state index contributed by atoms with van der Waals surface area (Å²) in [6.45, 7) is 3.17. The number of sulfonamides is 1. The Balaban J connectivity index is 1.79. The number of nitrogens with one attached hydrogen (secondary N) is 1. The van der Waals surface area contributed by atoms with E-state index in [1.165, 1.54) is 32.3 Å². The van der Waals surface area contributed by atoms with Gasteiger partial charge in [0.05, 0.1) is 26.7 Å². The van der Waals surface area contributed by atoms with Crippen molar-refractivity contribution in [2.45, 2.75) is 25.2 Å². The van der Waals surface area contributed by atoms with E-state index >= 15 is 0 Å². The van der Waals surface area contributed by atoms with E-state index in [2.05, 4.69) is 10.3 Å². The SMILES string of the molecule is CCc1nc2ccccc2c(C(=O)OCC(=O)Nc2cc(S(=O)(=O)N(C)C)ccc2Cl)c1C. The van der Waals surface area contributed by atoms with Crippen molar-refractivity contribution in [3.8, 4) is 0 Å². The Bertz CT molecular complexity index is 1340. The van der Waals surface area contributed by atoms with Crippen LogP contribution >= 0.6 is 11.6 Å². The normalized spacial score (nSPS) is 11.6. The second kappa shape index (κ2) is 9.86. The Kier molecular flexibility index (Phi) is 7.36. The first-order chi connectivity index (χ1) is 15.6. The zero-order chi connectivity index (χ0) is 24.3. The number of esters is 1. The quantitative estimate of drug-likeness (QED) is 0.506. The van der Waals surface area contributed by atoms with Crippen LogP contribution < -0.4 is 5.32 Å². The number of benzene rings is 2. The highest BCUT2D eigenvalue weighted by molar-refractivity contribution is 7.89. The summed E-state index contributed by atoms with van der Waals surface area (Å²) in [5.74, 6) is -1.30. The predicted octanol–water partition coefficient (Wildman–Crippen LogP) is 3.80. The number of hydrogen-bond acceptors (Lipinski definition) is 6. The van der Waals surface area contributed by atoms with Gasteiger partial charge in [0.1, 0.15) is 0 Å². The predicted molar refractivity (Wildman–Crippen MR) is 127 cm³/mol. The summed E-state index contributed by atoms with van der Waals surface area (Å²) in [4.78, 5) is 29.9. The number of hydrogen-bond donors (Lipinski definition) is 1. The monoisotopic (exact) mass is 489 g/mol. The van der Waals surface area contributed by atoms with Crippen LogP contribution in [-0.2, 0) is 26.0 Å². The summed E-state index contributed by atoms with van der Waals surface area (Å²) < 4.78 is 31.0. The molecule has 1 N–H and O–H groups in total. The zero-order valence-electron chi connectivity index (χ0n) is 18.7. The van der Waals surface area contributed by atoms with E-state index < -0.39 is 28.5 Å². The lowest BCUT2D eigenvalue weighted by Gasteiger charge is -2.15. The number of anilines is 1. The molecule has 0 fully saturated rings. The van der Waals surface area contributed by atoms with Crippen molar-refractivity contribution < 1.29 is 22.7 Å². The van der Waals surface area contributed by atoms with Crippen molar-refractivity contribution in [2.24, 2.45) is 0 Å². The Hall–Kier alpha value is -3.01. The van der Waals surface area contributed by atoms with E-state index in [-0.39, 0.29) is 15.6 Å². The molecule has 0 aliphatic heterocycles.